The van der Waals surface area contributed by atoms with Gasteiger partial charge in [-0.3, -0.25) is 0 Å². The fourth-order valence-corrected chi connectivity index (χ4v) is 2.28. The maximum atomic E-state index is 2.43. The van der Waals surface area contributed by atoms with E-state index in [0.29, 0.717) is 0 Å². The van der Waals surface area contributed by atoms with Crippen LogP contribution in [-0.4, -0.2) is 0 Å². The molecule has 0 aromatic carbocycles. The molecule has 0 N–H and O–H groups in total. The lowest BCUT2D eigenvalue weighted by atomic mass is 9.62. The predicted octanol–water partition coefficient (Wildman–Crippen LogP) is 2.61. The number of hydrogen-bond donors (Lipinski definition) is 0. The molecule has 0 radical (unpaired) electrons. The van der Waals surface area contributed by atoms with E-state index in [9.17, 15) is 0 Å². The molecule has 2 aliphatic carbocycles. The van der Waals surface area contributed by atoms with Crippen LogP contribution in [0.3, 0.4) is 0 Å². The molecule has 9 heavy (non-hydrogen) atoms. The molecule has 0 saturated heterocycles. The highest BCUT2D eigenvalue weighted by Crippen LogP contribution is 2.45. The summed E-state index contributed by atoms with van der Waals surface area (Å²) in [6.45, 7) is 2.37. The number of rotatable bonds is 0. The Morgan fingerprint density at radius 3 is 2.89 bits per heavy atom. The van der Waals surface area contributed by atoms with Crippen LogP contribution in [-0.2, 0) is 0 Å². The van der Waals surface area contributed by atoms with Gasteiger partial charge in [0.2, 0.25) is 0 Å². The summed E-state index contributed by atoms with van der Waals surface area (Å²) in [4.78, 5) is 0. The van der Waals surface area contributed by atoms with E-state index in [2.05, 4.69) is 19.1 Å². The van der Waals surface area contributed by atoms with Gasteiger partial charge in [0, 0.05) is 0 Å². The molecular weight excluding hydrogens is 108 g/mol. The maximum absolute atomic E-state index is 2.43. The van der Waals surface area contributed by atoms with Crippen LogP contribution in [0.2, 0.25) is 0 Å². The summed E-state index contributed by atoms with van der Waals surface area (Å²) in [5, 5.41) is 0. The average Bonchev–Trinajstić information content (AvgIpc) is 1.86. The Kier molecular flexibility index (Phi) is 1.14. The Morgan fingerprint density at radius 1 is 1.44 bits per heavy atom. The molecule has 0 heteroatoms. The first-order valence-electron chi connectivity index (χ1n) is 4.04. The van der Waals surface area contributed by atoms with Gasteiger partial charge < -0.3 is 0 Å². The fourth-order valence-electron chi connectivity index (χ4n) is 2.28. The van der Waals surface area contributed by atoms with Crippen LogP contribution in [0, 0.1) is 17.8 Å². The molecule has 0 aromatic rings. The summed E-state index contributed by atoms with van der Waals surface area (Å²) in [5.74, 6) is 3.04. The van der Waals surface area contributed by atoms with Gasteiger partial charge in [-0.1, -0.05) is 19.1 Å². The third kappa shape index (κ3) is 0.726. The van der Waals surface area contributed by atoms with Gasteiger partial charge in [-0.25, -0.2) is 0 Å². The molecule has 0 heterocycles. The highest BCUT2D eigenvalue weighted by Gasteiger charge is 2.36. The van der Waals surface area contributed by atoms with Crippen LogP contribution in [0.1, 0.15) is 26.2 Å². The van der Waals surface area contributed by atoms with Gasteiger partial charge in [0.25, 0.3) is 0 Å². The molecule has 0 spiro atoms. The third-order valence-corrected chi connectivity index (χ3v) is 2.94. The SMILES string of the molecule is C[C@H]1C[C@@H]2CCC=C[C@@H]21. The second-order valence-electron chi connectivity index (χ2n) is 3.56. The normalized spacial score (nSPS) is 47.9. The van der Waals surface area contributed by atoms with Gasteiger partial charge >= 0.3 is 0 Å². The highest BCUT2D eigenvalue weighted by molar-refractivity contribution is 5.04. The summed E-state index contributed by atoms with van der Waals surface area (Å²) in [5.41, 5.74) is 0. The van der Waals surface area contributed by atoms with E-state index in [1.165, 1.54) is 19.3 Å². The lowest BCUT2D eigenvalue weighted by molar-refractivity contribution is 0.114. The molecule has 2 aliphatic rings. The van der Waals surface area contributed by atoms with Crippen molar-refractivity contribution in [1.82, 2.24) is 0 Å². The van der Waals surface area contributed by atoms with Crippen LogP contribution >= 0.6 is 0 Å². The molecule has 1 saturated carbocycles. The Balaban J connectivity index is 2.07. The smallest absolute Gasteiger partial charge is 0.0179 e. The van der Waals surface area contributed by atoms with Crippen LogP contribution in [0.4, 0.5) is 0 Å². The van der Waals surface area contributed by atoms with Crippen molar-refractivity contribution >= 4 is 0 Å². The van der Waals surface area contributed by atoms with Crippen molar-refractivity contribution in [2.75, 3.05) is 0 Å². The molecule has 3 atom stereocenters. The largest absolute Gasteiger partial charge is 0.0882 e. The minimum Gasteiger partial charge on any atom is -0.0882 e. The van der Waals surface area contributed by atoms with Crippen molar-refractivity contribution in [1.29, 1.82) is 0 Å². The molecule has 1 fully saturated rings. The van der Waals surface area contributed by atoms with Crippen molar-refractivity contribution in [3.63, 3.8) is 0 Å². The van der Waals surface area contributed by atoms with Crippen LogP contribution in [0.15, 0.2) is 12.2 Å². The summed E-state index contributed by atoms with van der Waals surface area (Å²) >= 11 is 0. The van der Waals surface area contributed by atoms with Gasteiger partial charge in [-0.05, 0) is 37.0 Å². The summed E-state index contributed by atoms with van der Waals surface area (Å²) < 4.78 is 0. The quantitative estimate of drug-likeness (QED) is 0.433. The first-order chi connectivity index (χ1) is 4.38. The number of fused-ring (bicyclic) bond motifs is 1. The van der Waals surface area contributed by atoms with E-state index >= 15 is 0 Å². The molecular formula is C9H14. The van der Waals surface area contributed by atoms with Gasteiger partial charge in [-0.15, -0.1) is 0 Å². The minimum absolute atomic E-state index is 0.971. The van der Waals surface area contributed by atoms with Gasteiger partial charge in [-0.2, -0.15) is 0 Å². The van der Waals surface area contributed by atoms with E-state index in [1.54, 1.807) is 0 Å². The molecule has 0 amide bonds. The van der Waals surface area contributed by atoms with E-state index in [-0.39, 0.29) is 0 Å². The predicted molar refractivity (Wildman–Crippen MR) is 39.1 cm³/mol. The summed E-state index contributed by atoms with van der Waals surface area (Å²) in [6, 6.07) is 0. The van der Waals surface area contributed by atoms with Gasteiger partial charge in [0.1, 0.15) is 0 Å². The number of allylic oxidation sites excluding steroid dienone is 2. The molecule has 0 unspecified atom stereocenters. The molecule has 50 valence electrons. The zero-order chi connectivity index (χ0) is 6.27. The van der Waals surface area contributed by atoms with E-state index in [4.69, 9.17) is 0 Å². The molecule has 0 bridgehead atoms. The van der Waals surface area contributed by atoms with E-state index in [1.807, 2.05) is 0 Å². The van der Waals surface area contributed by atoms with Gasteiger partial charge in [0.05, 0.1) is 0 Å². The zero-order valence-corrected chi connectivity index (χ0v) is 6.01. The lowest BCUT2D eigenvalue weighted by Crippen LogP contribution is -2.34. The molecule has 0 aromatic heterocycles. The monoisotopic (exact) mass is 122 g/mol. The topological polar surface area (TPSA) is 0 Å². The number of hydrogen-bond acceptors (Lipinski definition) is 0. The second-order valence-corrected chi connectivity index (χ2v) is 3.56. The van der Waals surface area contributed by atoms with Crippen molar-refractivity contribution in [2.24, 2.45) is 17.8 Å². The van der Waals surface area contributed by atoms with Crippen molar-refractivity contribution in [3.05, 3.63) is 12.2 Å². The summed E-state index contributed by atoms with van der Waals surface area (Å²) in [6.07, 6.45) is 9.09. The van der Waals surface area contributed by atoms with Crippen LogP contribution in [0.5, 0.6) is 0 Å². The Labute approximate surface area is 57.0 Å². The van der Waals surface area contributed by atoms with Crippen LogP contribution in [0.25, 0.3) is 0 Å². The Morgan fingerprint density at radius 2 is 2.33 bits per heavy atom. The zero-order valence-electron chi connectivity index (χ0n) is 6.01. The van der Waals surface area contributed by atoms with Crippen LogP contribution < -0.4 is 0 Å². The van der Waals surface area contributed by atoms with Crippen molar-refractivity contribution in [3.8, 4) is 0 Å². The molecule has 2 rings (SSSR count). The first-order valence-corrected chi connectivity index (χ1v) is 4.04. The molecule has 0 nitrogen and oxygen atoms in total. The van der Waals surface area contributed by atoms with Crippen molar-refractivity contribution in [2.45, 2.75) is 26.2 Å². The molecule has 0 aliphatic heterocycles. The lowest BCUT2D eigenvalue weighted by Gasteiger charge is -2.43. The van der Waals surface area contributed by atoms with E-state index < -0.39 is 0 Å². The minimum atomic E-state index is 0.971. The average molecular weight is 122 g/mol. The Hall–Kier alpha value is -0.260. The van der Waals surface area contributed by atoms with Gasteiger partial charge in [0.15, 0.2) is 0 Å². The standard InChI is InChI=1S/C9H14/c1-7-6-8-4-2-3-5-9(7)8/h3,5,7-9H,2,4,6H2,1H3/t7-,8-,9+/m0/s1. The summed E-state index contributed by atoms with van der Waals surface area (Å²) in [7, 11) is 0. The maximum Gasteiger partial charge on any atom is -0.0179 e. The highest BCUT2D eigenvalue weighted by atomic mass is 14.4. The Bertz CT molecular complexity index is 135. The third-order valence-electron chi connectivity index (χ3n) is 2.94. The first kappa shape index (κ1) is 5.52. The second kappa shape index (κ2) is 1.86. The fraction of sp³-hybridized carbons (Fsp3) is 0.778. The van der Waals surface area contributed by atoms with Crippen molar-refractivity contribution < 1.29 is 0 Å². The van der Waals surface area contributed by atoms with E-state index in [0.717, 1.165) is 17.8 Å².